The molecular formula is C20H19N5O4S. The first-order valence-electron chi connectivity index (χ1n) is 9.33. The number of thiophene rings is 1. The number of benzene rings is 1. The number of hydrogen-bond acceptors (Lipinski definition) is 7. The summed E-state index contributed by atoms with van der Waals surface area (Å²) in [5.41, 5.74) is 6.80. The lowest BCUT2D eigenvalue weighted by molar-refractivity contribution is -0.135. The molecule has 3 amide bonds. The Kier molecular flexibility index (Phi) is 5.18. The zero-order valence-corrected chi connectivity index (χ0v) is 16.9. The van der Waals surface area contributed by atoms with Crippen molar-refractivity contribution in [3.8, 4) is 0 Å². The first-order valence-corrected chi connectivity index (χ1v) is 10.2. The largest absolute Gasteiger partial charge is 0.326 e. The van der Waals surface area contributed by atoms with Gasteiger partial charge in [-0.05, 0) is 42.5 Å². The maximum absolute atomic E-state index is 13.2. The van der Waals surface area contributed by atoms with E-state index in [2.05, 4.69) is 15.6 Å². The number of carbonyl (C=O) groups excluding carboxylic acids is 3. The van der Waals surface area contributed by atoms with Crippen molar-refractivity contribution in [1.82, 2.24) is 14.9 Å². The minimum absolute atomic E-state index is 0.155. The Morgan fingerprint density at radius 2 is 2.17 bits per heavy atom. The Hall–Kier alpha value is -3.37. The number of para-hydroxylation sites is 1. The van der Waals surface area contributed by atoms with E-state index in [1.54, 1.807) is 31.2 Å². The molecule has 0 aliphatic carbocycles. The van der Waals surface area contributed by atoms with E-state index < -0.39 is 17.5 Å². The van der Waals surface area contributed by atoms with Crippen molar-refractivity contribution in [2.45, 2.75) is 32.4 Å². The Morgan fingerprint density at radius 3 is 2.87 bits per heavy atom. The molecule has 1 unspecified atom stereocenters. The van der Waals surface area contributed by atoms with Gasteiger partial charge in [-0.1, -0.05) is 6.07 Å². The normalized spacial score (nSPS) is 16.5. The van der Waals surface area contributed by atoms with Gasteiger partial charge in [0.2, 0.25) is 11.8 Å². The van der Waals surface area contributed by atoms with Gasteiger partial charge in [0.1, 0.15) is 17.4 Å². The number of nitrogens with one attached hydrogen (secondary N) is 2. The Labute approximate surface area is 174 Å². The number of piperidine rings is 1. The van der Waals surface area contributed by atoms with Crippen LogP contribution in [0.4, 0.5) is 5.69 Å². The van der Waals surface area contributed by atoms with Crippen LogP contribution in [0.15, 0.2) is 34.4 Å². The zero-order chi connectivity index (χ0) is 21.4. The SMILES string of the molecule is Cc1nc2c(NC(=O)c3cc(CN)cs3)cccc2c(=O)n1C1CCC(=O)NC1=O. The smallest absolute Gasteiger partial charge is 0.265 e. The van der Waals surface area contributed by atoms with E-state index in [0.29, 0.717) is 28.5 Å². The summed E-state index contributed by atoms with van der Waals surface area (Å²) >= 11 is 1.28. The highest BCUT2D eigenvalue weighted by atomic mass is 32.1. The van der Waals surface area contributed by atoms with Crippen LogP contribution in [-0.4, -0.2) is 27.3 Å². The van der Waals surface area contributed by atoms with Crippen LogP contribution >= 0.6 is 11.3 Å². The molecule has 0 spiro atoms. The number of amides is 3. The number of fused-ring (bicyclic) bond motifs is 1. The lowest BCUT2D eigenvalue weighted by Gasteiger charge is -2.24. The van der Waals surface area contributed by atoms with Gasteiger partial charge in [0.25, 0.3) is 11.5 Å². The van der Waals surface area contributed by atoms with Gasteiger partial charge >= 0.3 is 0 Å². The summed E-state index contributed by atoms with van der Waals surface area (Å²) in [6, 6.07) is 5.83. The quantitative estimate of drug-likeness (QED) is 0.541. The van der Waals surface area contributed by atoms with Crippen molar-refractivity contribution >= 4 is 45.6 Å². The van der Waals surface area contributed by atoms with E-state index in [-0.39, 0.29) is 30.0 Å². The number of hydrogen-bond donors (Lipinski definition) is 3. The third-order valence-electron chi connectivity index (χ3n) is 4.99. The minimum atomic E-state index is -0.800. The highest BCUT2D eigenvalue weighted by Gasteiger charge is 2.30. The highest BCUT2D eigenvalue weighted by Crippen LogP contribution is 2.24. The van der Waals surface area contributed by atoms with E-state index >= 15 is 0 Å². The molecule has 1 fully saturated rings. The maximum atomic E-state index is 13.2. The van der Waals surface area contributed by atoms with E-state index in [1.165, 1.54) is 15.9 Å². The molecule has 0 saturated carbocycles. The number of nitrogens with zero attached hydrogens (tertiary/aromatic N) is 2. The summed E-state index contributed by atoms with van der Waals surface area (Å²) < 4.78 is 1.31. The molecule has 9 nitrogen and oxygen atoms in total. The number of nitrogens with two attached hydrogens (primary N) is 1. The molecular weight excluding hydrogens is 406 g/mol. The lowest BCUT2D eigenvalue weighted by Crippen LogP contribution is -2.45. The first kappa shape index (κ1) is 19.9. The first-order chi connectivity index (χ1) is 14.4. The average molecular weight is 425 g/mol. The lowest BCUT2D eigenvalue weighted by atomic mass is 10.1. The minimum Gasteiger partial charge on any atom is -0.326 e. The Balaban J connectivity index is 1.74. The van der Waals surface area contributed by atoms with E-state index in [9.17, 15) is 19.2 Å². The molecule has 1 aliphatic rings. The monoisotopic (exact) mass is 425 g/mol. The third-order valence-corrected chi connectivity index (χ3v) is 5.97. The third kappa shape index (κ3) is 3.51. The van der Waals surface area contributed by atoms with Crippen LogP contribution in [0.3, 0.4) is 0 Å². The van der Waals surface area contributed by atoms with Gasteiger partial charge in [-0.3, -0.25) is 29.1 Å². The van der Waals surface area contributed by atoms with Crippen LogP contribution in [0.5, 0.6) is 0 Å². The number of anilines is 1. The topological polar surface area (TPSA) is 136 Å². The van der Waals surface area contributed by atoms with Crippen molar-refractivity contribution in [3.63, 3.8) is 0 Å². The summed E-state index contributed by atoms with van der Waals surface area (Å²) in [7, 11) is 0. The molecule has 30 heavy (non-hydrogen) atoms. The second-order valence-corrected chi connectivity index (χ2v) is 7.89. The van der Waals surface area contributed by atoms with Crippen molar-refractivity contribution in [3.05, 3.63) is 56.3 Å². The number of aromatic nitrogens is 2. The van der Waals surface area contributed by atoms with E-state index in [4.69, 9.17) is 5.73 Å². The number of rotatable bonds is 4. The summed E-state index contributed by atoms with van der Waals surface area (Å²) in [5, 5.41) is 7.16. The van der Waals surface area contributed by atoms with Gasteiger partial charge in [0.15, 0.2) is 0 Å². The van der Waals surface area contributed by atoms with E-state index in [1.807, 2.05) is 5.38 Å². The van der Waals surface area contributed by atoms with Gasteiger partial charge in [0.05, 0.1) is 16.0 Å². The standard InChI is InChI=1S/C20H19N5O4S/c1-10-22-17-12(20(29)25(10)14-5-6-16(26)24-18(14)27)3-2-4-13(17)23-19(28)15-7-11(8-21)9-30-15/h2-4,7,9,14H,5-6,8,21H2,1H3,(H,23,28)(H,24,26,27). The fourth-order valence-corrected chi connectivity index (χ4v) is 4.33. The highest BCUT2D eigenvalue weighted by molar-refractivity contribution is 7.12. The Bertz CT molecular complexity index is 1250. The number of aryl methyl sites for hydroxylation is 1. The van der Waals surface area contributed by atoms with Crippen molar-refractivity contribution in [2.75, 3.05) is 5.32 Å². The van der Waals surface area contributed by atoms with E-state index in [0.717, 1.165) is 5.56 Å². The zero-order valence-electron chi connectivity index (χ0n) is 16.1. The molecule has 0 radical (unpaired) electrons. The van der Waals surface area contributed by atoms with Gasteiger partial charge < -0.3 is 11.1 Å². The van der Waals surface area contributed by atoms with Crippen LogP contribution in [0, 0.1) is 6.92 Å². The van der Waals surface area contributed by atoms with Gasteiger partial charge in [-0.15, -0.1) is 11.3 Å². The second kappa shape index (κ2) is 7.81. The van der Waals surface area contributed by atoms with Crippen molar-refractivity contribution in [2.24, 2.45) is 5.73 Å². The predicted octanol–water partition coefficient (Wildman–Crippen LogP) is 1.46. The fourth-order valence-electron chi connectivity index (χ4n) is 3.51. The summed E-state index contributed by atoms with van der Waals surface area (Å²) in [4.78, 5) is 54.5. The van der Waals surface area contributed by atoms with Crippen LogP contribution in [-0.2, 0) is 16.1 Å². The van der Waals surface area contributed by atoms with Gasteiger partial charge in [-0.2, -0.15) is 0 Å². The van der Waals surface area contributed by atoms with Crippen molar-refractivity contribution < 1.29 is 14.4 Å². The van der Waals surface area contributed by atoms with Crippen LogP contribution < -0.4 is 21.9 Å². The molecule has 3 aromatic rings. The fraction of sp³-hybridized carbons (Fsp3) is 0.250. The van der Waals surface area contributed by atoms with Gasteiger partial charge in [-0.25, -0.2) is 4.98 Å². The van der Waals surface area contributed by atoms with Crippen LogP contribution in [0.2, 0.25) is 0 Å². The number of carbonyl (C=O) groups is 3. The predicted molar refractivity (Wildman–Crippen MR) is 112 cm³/mol. The second-order valence-electron chi connectivity index (χ2n) is 6.98. The van der Waals surface area contributed by atoms with Gasteiger partial charge in [0, 0.05) is 13.0 Å². The molecule has 154 valence electrons. The molecule has 4 rings (SSSR count). The molecule has 1 aromatic carbocycles. The average Bonchev–Trinajstić information content (AvgIpc) is 3.20. The summed E-state index contributed by atoms with van der Waals surface area (Å²) in [5.74, 6) is -0.867. The Morgan fingerprint density at radius 1 is 1.37 bits per heavy atom. The molecule has 1 aliphatic heterocycles. The van der Waals surface area contributed by atoms with Crippen molar-refractivity contribution in [1.29, 1.82) is 0 Å². The number of imide groups is 1. The molecule has 0 bridgehead atoms. The molecule has 4 N–H and O–H groups in total. The van der Waals surface area contributed by atoms with Crippen LogP contribution in [0.25, 0.3) is 10.9 Å². The molecule has 3 heterocycles. The molecule has 10 heteroatoms. The summed E-state index contributed by atoms with van der Waals surface area (Å²) in [6.07, 6.45) is 0.388. The molecule has 1 atom stereocenters. The molecule has 1 saturated heterocycles. The maximum Gasteiger partial charge on any atom is 0.265 e. The van der Waals surface area contributed by atoms with Crippen LogP contribution in [0.1, 0.15) is 39.9 Å². The summed E-state index contributed by atoms with van der Waals surface area (Å²) in [6.45, 7) is 1.97. The molecule has 2 aromatic heterocycles.